The molecule has 0 aliphatic rings. The normalized spacial score (nSPS) is 14.0. The second-order valence-electron chi connectivity index (χ2n) is 4.06. The second kappa shape index (κ2) is 7.58. The minimum atomic E-state index is -1.35. The number of hydrogen-bond acceptors (Lipinski definition) is 5. The molecule has 19 heavy (non-hydrogen) atoms. The van der Waals surface area contributed by atoms with Crippen LogP contribution in [0.15, 0.2) is 35.4 Å². The zero-order valence-corrected chi connectivity index (χ0v) is 11.4. The molecule has 0 aromatic heterocycles. The summed E-state index contributed by atoms with van der Waals surface area (Å²) in [6.45, 7) is 1.63. The van der Waals surface area contributed by atoms with Crippen molar-refractivity contribution in [3.8, 4) is 0 Å². The van der Waals surface area contributed by atoms with Crippen LogP contribution in [0, 0.1) is 5.92 Å². The predicted molar refractivity (Wildman–Crippen MR) is 76.6 cm³/mol. The first-order valence-electron chi connectivity index (χ1n) is 5.77. The van der Waals surface area contributed by atoms with Crippen molar-refractivity contribution >= 4 is 30.6 Å². The number of ketones is 1. The van der Waals surface area contributed by atoms with E-state index >= 15 is 0 Å². The van der Waals surface area contributed by atoms with Crippen LogP contribution < -0.4 is 5.43 Å². The zero-order valence-electron chi connectivity index (χ0n) is 10.5. The lowest BCUT2D eigenvalue weighted by Gasteiger charge is -2.14. The van der Waals surface area contributed by atoms with Gasteiger partial charge in [-0.1, -0.05) is 37.3 Å². The Morgan fingerprint density at radius 2 is 2.05 bits per heavy atom. The molecule has 0 aliphatic carbocycles. The maximum absolute atomic E-state index is 11.8. The number of thiol groups is 1. The molecule has 0 aliphatic heterocycles. The summed E-state index contributed by atoms with van der Waals surface area (Å²) in [5, 5.41) is 12.8. The third kappa shape index (κ3) is 4.75. The van der Waals surface area contributed by atoms with E-state index in [-0.39, 0.29) is 0 Å². The third-order valence-electron chi connectivity index (χ3n) is 2.51. The van der Waals surface area contributed by atoms with Crippen LogP contribution in [0.1, 0.15) is 12.5 Å². The Balaban J connectivity index is 2.68. The number of benzene rings is 1. The molecule has 1 aromatic rings. The van der Waals surface area contributed by atoms with Crippen molar-refractivity contribution in [3.05, 3.63) is 35.9 Å². The summed E-state index contributed by atoms with van der Waals surface area (Å²) >= 11 is 3.99. The van der Waals surface area contributed by atoms with Crippen LogP contribution >= 0.6 is 12.6 Å². The standard InChI is InChI=1S/C13H16N2O3S/c1-9(8-19)12(16)11(13(17)18)15-14-7-10-5-3-2-4-6-10/h2-7,9,11,15,19H,8H2,1H3,(H,17,18)/t9?,11-/m0/s1. The maximum Gasteiger partial charge on any atom is 0.335 e. The van der Waals surface area contributed by atoms with E-state index in [1.165, 1.54) is 6.21 Å². The fourth-order valence-corrected chi connectivity index (χ4v) is 1.52. The number of hydrazone groups is 1. The Morgan fingerprint density at radius 3 is 2.58 bits per heavy atom. The number of rotatable bonds is 7. The van der Waals surface area contributed by atoms with Gasteiger partial charge in [-0.2, -0.15) is 17.7 Å². The third-order valence-corrected chi connectivity index (χ3v) is 3.06. The Hall–Kier alpha value is -1.82. The van der Waals surface area contributed by atoms with Crippen LogP contribution in [-0.2, 0) is 9.59 Å². The van der Waals surface area contributed by atoms with E-state index in [1.54, 1.807) is 6.92 Å². The highest BCUT2D eigenvalue weighted by Crippen LogP contribution is 2.04. The maximum atomic E-state index is 11.8. The summed E-state index contributed by atoms with van der Waals surface area (Å²) in [7, 11) is 0. The lowest BCUT2D eigenvalue weighted by atomic mass is 10.0. The quantitative estimate of drug-likeness (QED) is 0.303. The van der Waals surface area contributed by atoms with Gasteiger partial charge in [-0.3, -0.25) is 10.2 Å². The van der Waals surface area contributed by atoms with Crippen LogP contribution in [0.4, 0.5) is 0 Å². The number of nitrogens with zero attached hydrogens (tertiary/aromatic N) is 1. The van der Waals surface area contributed by atoms with Gasteiger partial charge in [-0.25, -0.2) is 4.79 Å². The average Bonchev–Trinajstić information content (AvgIpc) is 2.42. The molecule has 0 saturated heterocycles. The number of Topliss-reactive ketones (excluding diaryl/α,β-unsaturated/α-hetero) is 1. The second-order valence-corrected chi connectivity index (χ2v) is 4.42. The van der Waals surface area contributed by atoms with Crippen molar-refractivity contribution in [1.29, 1.82) is 0 Å². The lowest BCUT2D eigenvalue weighted by molar-refractivity contribution is -0.144. The number of nitrogens with one attached hydrogen (secondary N) is 1. The molecule has 0 radical (unpaired) electrons. The Bertz CT molecular complexity index is 462. The molecule has 1 rings (SSSR count). The number of hydrogen-bond donors (Lipinski definition) is 3. The molecule has 5 nitrogen and oxygen atoms in total. The Kier molecular flexibility index (Phi) is 6.08. The summed E-state index contributed by atoms with van der Waals surface area (Å²) in [6.07, 6.45) is 1.47. The number of carboxylic acid groups (broad SMARTS) is 1. The minimum absolute atomic E-state index is 0.298. The molecule has 1 unspecified atom stereocenters. The SMILES string of the molecule is CC(CS)C(=O)[C@H](NN=Cc1ccccc1)C(=O)O. The summed E-state index contributed by atoms with van der Waals surface area (Å²) < 4.78 is 0. The van der Waals surface area contributed by atoms with Crippen molar-refractivity contribution in [2.75, 3.05) is 5.75 Å². The molecule has 0 bridgehead atoms. The smallest absolute Gasteiger partial charge is 0.335 e. The van der Waals surface area contributed by atoms with Gasteiger partial charge in [0.2, 0.25) is 0 Å². The van der Waals surface area contributed by atoms with E-state index in [2.05, 4.69) is 23.2 Å². The fraction of sp³-hybridized carbons (Fsp3) is 0.308. The van der Waals surface area contributed by atoms with Crippen molar-refractivity contribution in [3.63, 3.8) is 0 Å². The molecule has 2 atom stereocenters. The van der Waals surface area contributed by atoms with Crippen LogP contribution in [-0.4, -0.2) is 34.9 Å². The number of carboxylic acids is 1. The fourth-order valence-electron chi connectivity index (χ4n) is 1.34. The molecule has 0 spiro atoms. The van der Waals surface area contributed by atoms with E-state index in [0.29, 0.717) is 5.75 Å². The van der Waals surface area contributed by atoms with Crippen LogP contribution in [0.2, 0.25) is 0 Å². The van der Waals surface area contributed by atoms with Gasteiger partial charge in [0, 0.05) is 5.92 Å². The Labute approximate surface area is 117 Å². The first-order chi connectivity index (χ1) is 9.06. The number of carbonyl (C=O) groups is 2. The van der Waals surface area contributed by atoms with E-state index in [1.807, 2.05) is 30.3 Å². The largest absolute Gasteiger partial charge is 0.479 e. The van der Waals surface area contributed by atoms with Gasteiger partial charge in [-0.15, -0.1) is 0 Å². The molecule has 102 valence electrons. The minimum Gasteiger partial charge on any atom is -0.479 e. The summed E-state index contributed by atoms with van der Waals surface area (Å²) in [5.74, 6) is -1.83. The molecule has 0 saturated carbocycles. The lowest BCUT2D eigenvalue weighted by Crippen LogP contribution is -2.43. The van der Waals surface area contributed by atoms with Crippen molar-refractivity contribution in [2.24, 2.45) is 11.0 Å². The highest BCUT2D eigenvalue weighted by atomic mass is 32.1. The van der Waals surface area contributed by atoms with E-state index in [0.717, 1.165) is 5.56 Å². The molecule has 2 N–H and O–H groups in total. The predicted octanol–water partition coefficient (Wildman–Crippen LogP) is 1.20. The van der Waals surface area contributed by atoms with Crippen molar-refractivity contribution in [2.45, 2.75) is 13.0 Å². The van der Waals surface area contributed by atoms with Gasteiger partial charge >= 0.3 is 5.97 Å². The zero-order chi connectivity index (χ0) is 14.3. The topological polar surface area (TPSA) is 78.8 Å². The van der Waals surface area contributed by atoms with Crippen LogP contribution in [0.5, 0.6) is 0 Å². The molecule has 0 amide bonds. The number of carbonyl (C=O) groups excluding carboxylic acids is 1. The number of aliphatic carboxylic acids is 1. The van der Waals surface area contributed by atoms with E-state index in [9.17, 15) is 9.59 Å². The molecule has 0 fully saturated rings. The highest BCUT2D eigenvalue weighted by Gasteiger charge is 2.28. The van der Waals surface area contributed by atoms with Gasteiger partial charge < -0.3 is 5.11 Å². The molecular weight excluding hydrogens is 264 g/mol. The van der Waals surface area contributed by atoms with Crippen LogP contribution in [0.25, 0.3) is 0 Å². The van der Waals surface area contributed by atoms with Crippen LogP contribution in [0.3, 0.4) is 0 Å². The summed E-state index contributed by atoms with van der Waals surface area (Å²) in [5.41, 5.74) is 3.18. The summed E-state index contributed by atoms with van der Waals surface area (Å²) in [6, 6.07) is 7.83. The summed E-state index contributed by atoms with van der Waals surface area (Å²) in [4.78, 5) is 22.8. The average molecular weight is 280 g/mol. The van der Waals surface area contributed by atoms with Crippen molar-refractivity contribution < 1.29 is 14.7 Å². The van der Waals surface area contributed by atoms with E-state index < -0.39 is 23.7 Å². The van der Waals surface area contributed by atoms with Gasteiger partial charge in [0.05, 0.1) is 6.21 Å². The highest BCUT2D eigenvalue weighted by molar-refractivity contribution is 7.80. The Morgan fingerprint density at radius 1 is 1.42 bits per heavy atom. The first kappa shape index (κ1) is 15.2. The molecular formula is C13H16N2O3S. The monoisotopic (exact) mass is 280 g/mol. The molecule has 1 aromatic carbocycles. The van der Waals surface area contributed by atoms with Gasteiger partial charge in [-0.05, 0) is 11.3 Å². The van der Waals surface area contributed by atoms with Crippen molar-refractivity contribution in [1.82, 2.24) is 5.43 Å². The molecule has 6 heteroatoms. The van der Waals surface area contributed by atoms with Gasteiger partial charge in [0.15, 0.2) is 11.8 Å². The first-order valence-corrected chi connectivity index (χ1v) is 6.40. The molecule has 0 heterocycles. The van der Waals surface area contributed by atoms with Gasteiger partial charge in [0.1, 0.15) is 0 Å². The van der Waals surface area contributed by atoms with E-state index in [4.69, 9.17) is 5.11 Å². The van der Waals surface area contributed by atoms with Gasteiger partial charge in [0.25, 0.3) is 0 Å².